The molecule has 1 aromatic rings. The van der Waals surface area contributed by atoms with E-state index in [2.05, 4.69) is 45.0 Å². The molecule has 18 heavy (non-hydrogen) atoms. The zero-order valence-corrected chi connectivity index (χ0v) is 13.8. The summed E-state index contributed by atoms with van der Waals surface area (Å²) in [6, 6.07) is 0.677. The second-order valence-corrected chi connectivity index (χ2v) is 7.31. The average Bonchev–Trinajstić information content (AvgIpc) is 2.85. The molecule has 0 saturated heterocycles. The van der Waals surface area contributed by atoms with Gasteiger partial charge in [0.25, 0.3) is 0 Å². The number of thioether (sulfide) groups is 1. The van der Waals surface area contributed by atoms with Gasteiger partial charge in [0.15, 0.2) is 0 Å². The van der Waals surface area contributed by atoms with Crippen molar-refractivity contribution >= 4 is 27.7 Å². The third-order valence-corrected chi connectivity index (χ3v) is 5.87. The Kier molecular flexibility index (Phi) is 5.15. The lowest BCUT2D eigenvalue weighted by Crippen LogP contribution is -2.27. The number of aryl methyl sites for hydroxylation is 2. The predicted octanol–water partition coefficient (Wildman–Crippen LogP) is 3.25. The minimum atomic E-state index is 0.677. The zero-order chi connectivity index (χ0) is 13.1. The zero-order valence-electron chi connectivity index (χ0n) is 11.4. The van der Waals surface area contributed by atoms with E-state index in [1.54, 1.807) is 0 Å². The molecule has 1 N–H and O–H groups in total. The molecule has 0 aliphatic heterocycles. The van der Waals surface area contributed by atoms with Crippen molar-refractivity contribution in [2.75, 3.05) is 5.75 Å². The van der Waals surface area contributed by atoms with Gasteiger partial charge in [0, 0.05) is 24.9 Å². The van der Waals surface area contributed by atoms with Crippen LogP contribution >= 0.6 is 27.7 Å². The molecule has 5 heteroatoms. The van der Waals surface area contributed by atoms with E-state index in [1.165, 1.54) is 30.7 Å². The van der Waals surface area contributed by atoms with Gasteiger partial charge in [-0.1, -0.05) is 6.92 Å². The topological polar surface area (TPSA) is 29.9 Å². The molecule has 102 valence electrons. The van der Waals surface area contributed by atoms with Crippen molar-refractivity contribution in [3.05, 3.63) is 15.9 Å². The van der Waals surface area contributed by atoms with Crippen LogP contribution in [-0.4, -0.2) is 26.8 Å². The molecule has 1 aromatic heterocycles. The van der Waals surface area contributed by atoms with Gasteiger partial charge in [-0.3, -0.25) is 4.68 Å². The standard InChI is InChI=1S/C13H22BrN3S/c1-4-18-11-6-5-10(7-11)15-8-12-13(14)9(2)16-17(12)3/h10-11,15H,4-8H2,1-3H3. The number of hydrogen-bond donors (Lipinski definition) is 1. The first kappa shape index (κ1) is 14.4. The van der Waals surface area contributed by atoms with Crippen LogP contribution in [0.2, 0.25) is 0 Å². The van der Waals surface area contributed by atoms with Gasteiger partial charge in [0.2, 0.25) is 0 Å². The number of rotatable bonds is 5. The second kappa shape index (κ2) is 6.44. The van der Waals surface area contributed by atoms with Crippen molar-refractivity contribution in [1.29, 1.82) is 0 Å². The van der Waals surface area contributed by atoms with Crippen molar-refractivity contribution < 1.29 is 0 Å². The Morgan fingerprint density at radius 1 is 1.50 bits per heavy atom. The van der Waals surface area contributed by atoms with Gasteiger partial charge in [0.1, 0.15) is 0 Å². The highest BCUT2D eigenvalue weighted by molar-refractivity contribution is 9.10. The van der Waals surface area contributed by atoms with E-state index in [0.717, 1.165) is 22.0 Å². The molecule has 3 nitrogen and oxygen atoms in total. The number of halogens is 1. The lowest BCUT2D eigenvalue weighted by atomic mass is 10.2. The molecule has 2 atom stereocenters. The first-order valence-electron chi connectivity index (χ1n) is 6.64. The Bertz CT molecular complexity index is 405. The van der Waals surface area contributed by atoms with Gasteiger partial charge in [0.05, 0.1) is 15.9 Å². The van der Waals surface area contributed by atoms with Gasteiger partial charge in [-0.2, -0.15) is 16.9 Å². The third-order valence-electron chi connectivity index (χ3n) is 3.61. The fourth-order valence-electron chi connectivity index (χ4n) is 2.63. The highest BCUT2D eigenvalue weighted by Crippen LogP contribution is 2.30. The Labute approximate surface area is 122 Å². The van der Waals surface area contributed by atoms with E-state index in [0.29, 0.717) is 6.04 Å². The predicted molar refractivity (Wildman–Crippen MR) is 82.0 cm³/mol. The van der Waals surface area contributed by atoms with E-state index >= 15 is 0 Å². The highest BCUT2D eigenvalue weighted by Gasteiger charge is 2.24. The maximum Gasteiger partial charge on any atom is 0.0739 e. The molecule has 2 rings (SSSR count). The molecule has 2 unspecified atom stereocenters. The molecule has 1 saturated carbocycles. The number of aromatic nitrogens is 2. The van der Waals surface area contributed by atoms with Crippen molar-refractivity contribution in [3.63, 3.8) is 0 Å². The second-order valence-electron chi connectivity index (χ2n) is 4.94. The molecule has 0 radical (unpaired) electrons. The van der Waals surface area contributed by atoms with Crippen LogP contribution in [0.4, 0.5) is 0 Å². The average molecular weight is 332 g/mol. The Hall–Kier alpha value is 0. The highest BCUT2D eigenvalue weighted by atomic mass is 79.9. The Morgan fingerprint density at radius 3 is 2.89 bits per heavy atom. The largest absolute Gasteiger partial charge is 0.308 e. The minimum Gasteiger partial charge on any atom is -0.308 e. The van der Waals surface area contributed by atoms with Crippen LogP contribution in [0.25, 0.3) is 0 Å². The lowest BCUT2D eigenvalue weighted by molar-refractivity contribution is 0.507. The number of nitrogens with zero attached hydrogens (tertiary/aromatic N) is 2. The van der Waals surface area contributed by atoms with E-state index < -0.39 is 0 Å². The molecule has 0 aromatic carbocycles. The van der Waals surface area contributed by atoms with Gasteiger partial charge in [-0.15, -0.1) is 0 Å². The van der Waals surface area contributed by atoms with Crippen LogP contribution in [-0.2, 0) is 13.6 Å². The molecule has 1 heterocycles. The molecular formula is C13H22BrN3S. The molecule has 1 aliphatic carbocycles. The fraction of sp³-hybridized carbons (Fsp3) is 0.769. The lowest BCUT2D eigenvalue weighted by Gasteiger charge is -2.13. The summed E-state index contributed by atoms with van der Waals surface area (Å²) in [6.07, 6.45) is 3.99. The Morgan fingerprint density at radius 2 is 2.28 bits per heavy atom. The SMILES string of the molecule is CCSC1CCC(NCc2c(Br)c(C)nn2C)C1. The van der Waals surface area contributed by atoms with Crippen LogP contribution < -0.4 is 5.32 Å². The van der Waals surface area contributed by atoms with Crippen LogP contribution in [0.5, 0.6) is 0 Å². The van der Waals surface area contributed by atoms with Crippen molar-refractivity contribution in [1.82, 2.24) is 15.1 Å². The molecule has 1 fully saturated rings. The molecule has 0 spiro atoms. The minimum absolute atomic E-state index is 0.677. The van der Waals surface area contributed by atoms with E-state index in [1.807, 2.05) is 18.7 Å². The maximum absolute atomic E-state index is 4.43. The van der Waals surface area contributed by atoms with Crippen LogP contribution in [0.3, 0.4) is 0 Å². The first-order chi connectivity index (χ1) is 8.61. The number of hydrogen-bond acceptors (Lipinski definition) is 3. The van der Waals surface area contributed by atoms with Crippen molar-refractivity contribution in [2.24, 2.45) is 7.05 Å². The summed E-state index contributed by atoms with van der Waals surface area (Å²) in [6.45, 7) is 5.20. The summed E-state index contributed by atoms with van der Waals surface area (Å²) in [5, 5.41) is 8.97. The van der Waals surface area contributed by atoms with Crippen molar-refractivity contribution in [2.45, 2.75) is 50.9 Å². The van der Waals surface area contributed by atoms with Crippen LogP contribution in [0.1, 0.15) is 37.6 Å². The van der Waals surface area contributed by atoms with Gasteiger partial charge >= 0.3 is 0 Å². The summed E-state index contributed by atoms with van der Waals surface area (Å²) >= 11 is 5.73. The molecule has 0 bridgehead atoms. The summed E-state index contributed by atoms with van der Waals surface area (Å²) in [5.41, 5.74) is 2.32. The van der Waals surface area contributed by atoms with E-state index in [9.17, 15) is 0 Å². The van der Waals surface area contributed by atoms with Gasteiger partial charge < -0.3 is 5.32 Å². The van der Waals surface area contributed by atoms with E-state index in [4.69, 9.17) is 0 Å². The van der Waals surface area contributed by atoms with Crippen LogP contribution in [0.15, 0.2) is 4.47 Å². The quantitative estimate of drug-likeness (QED) is 0.898. The van der Waals surface area contributed by atoms with Crippen LogP contribution in [0, 0.1) is 6.92 Å². The summed E-state index contributed by atoms with van der Waals surface area (Å²) in [7, 11) is 2.01. The Balaban J connectivity index is 1.85. The molecular weight excluding hydrogens is 310 g/mol. The fourth-order valence-corrected chi connectivity index (χ4v) is 4.24. The smallest absolute Gasteiger partial charge is 0.0739 e. The van der Waals surface area contributed by atoms with Crippen molar-refractivity contribution in [3.8, 4) is 0 Å². The normalized spacial score (nSPS) is 23.8. The van der Waals surface area contributed by atoms with Gasteiger partial charge in [-0.05, 0) is 47.9 Å². The number of nitrogens with one attached hydrogen (secondary N) is 1. The molecule has 1 aliphatic rings. The first-order valence-corrected chi connectivity index (χ1v) is 8.49. The maximum atomic E-state index is 4.43. The summed E-state index contributed by atoms with van der Waals surface area (Å²) in [4.78, 5) is 0. The van der Waals surface area contributed by atoms with Gasteiger partial charge in [-0.25, -0.2) is 0 Å². The summed E-state index contributed by atoms with van der Waals surface area (Å²) < 4.78 is 3.12. The monoisotopic (exact) mass is 331 g/mol. The summed E-state index contributed by atoms with van der Waals surface area (Å²) in [5.74, 6) is 1.24. The van der Waals surface area contributed by atoms with E-state index in [-0.39, 0.29) is 0 Å². The molecule has 0 amide bonds. The third kappa shape index (κ3) is 3.31.